The predicted molar refractivity (Wildman–Crippen MR) is 111 cm³/mol. The van der Waals surface area contributed by atoms with Crippen LogP contribution in [0.5, 0.6) is 0 Å². The molecule has 0 bridgehead atoms. The van der Waals surface area contributed by atoms with Crippen LogP contribution in [-0.4, -0.2) is 39.1 Å². The molecule has 3 aromatic rings. The van der Waals surface area contributed by atoms with Crippen molar-refractivity contribution in [3.05, 3.63) is 57.0 Å². The van der Waals surface area contributed by atoms with E-state index in [2.05, 4.69) is 10.3 Å². The summed E-state index contributed by atoms with van der Waals surface area (Å²) >= 11 is 0.922. The zero-order valence-electron chi connectivity index (χ0n) is 16.5. The first-order chi connectivity index (χ1) is 14.2. The molecule has 30 heavy (non-hydrogen) atoms. The number of carbonyl (C=O) groups is 3. The highest BCUT2D eigenvalue weighted by Gasteiger charge is 2.22. The standard InChI is InChI=1S/C20H19N3O6S/c1-4-29-20(28)12-5-7-13(8-6-12)22-16(24)11(3)23-9-21-17-14(18(23)25)10(2)15(30-17)19(26)27/h5-9,11H,4H2,1-3H3,(H,22,24)(H,26,27). The Morgan fingerprint density at radius 2 is 1.93 bits per heavy atom. The third-order valence-corrected chi connectivity index (χ3v) is 5.72. The first-order valence-electron chi connectivity index (χ1n) is 9.06. The average molecular weight is 429 g/mol. The van der Waals surface area contributed by atoms with Crippen molar-refractivity contribution in [3.63, 3.8) is 0 Å². The molecule has 10 heteroatoms. The van der Waals surface area contributed by atoms with E-state index >= 15 is 0 Å². The molecule has 2 aromatic heterocycles. The van der Waals surface area contributed by atoms with E-state index in [9.17, 15) is 24.3 Å². The number of rotatable bonds is 6. The van der Waals surface area contributed by atoms with Crippen LogP contribution in [0.15, 0.2) is 35.4 Å². The van der Waals surface area contributed by atoms with Crippen LogP contribution in [0.25, 0.3) is 10.2 Å². The van der Waals surface area contributed by atoms with Crippen LogP contribution in [0.4, 0.5) is 5.69 Å². The number of amides is 1. The highest BCUT2D eigenvalue weighted by Crippen LogP contribution is 2.27. The molecular weight excluding hydrogens is 410 g/mol. The van der Waals surface area contributed by atoms with Crippen LogP contribution in [0, 0.1) is 6.92 Å². The molecule has 2 heterocycles. The largest absolute Gasteiger partial charge is 0.477 e. The molecule has 1 aromatic carbocycles. The van der Waals surface area contributed by atoms with Gasteiger partial charge in [-0.3, -0.25) is 14.2 Å². The Bertz CT molecular complexity index is 1200. The van der Waals surface area contributed by atoms with Gasteiger partial charge in [-0.15, -0.1) is 11.3 Å². The minimum atomic E-state index is -1.13. The summed E-state index contributed by atoms with van der Waals surface area (Å²) in [6.07, 6.45) is 1.24. The van der Waals surface area contributed by atoms with Crippen molar-refractivity contribution in [2.24, 2.45) is 0 Å². The van der Waals surface area contributed by atoms with Gasteiger partial charge in [-0.1, -0.05) is 0 Å². The number of esters is 1. The number of aromatic carboxylic acids is 1. The lowest BCUT2D eigenvalue weighted by atomic mass is 10.2. The predicted octanol–water partition coefficient (Wildman–Crippen LogP) is 2.84. The molecule has 3 rings (SSSR count). The van der Waals surface area contributed by atoms with E-state index in [1.165, 1.54) is 25.4 Å². The van der Waals surface area contributed by atoms with Crippen LogP contribution in [0.2, 0.25) is 0 Å². The third-order valence-electron chi connectivity index (χ3n) is 4.53. The second-order valence-corrected chi connectivity index (χ2v) is 7.46. The van der Waals surface area contributed by atoms with Crippen molar-refractivity contribution in [1.29, 1.82) is 0 Å². The van der Waals surface area contributed by atoms with E-state index < -0.39 is 29.4 Å². The Morgan fingerprint density at radius 1 is 1.27 bits per heavy atom. The minimum Gasteiger partial charge on any atom is -0.477 e. The molecule has 1 amide bonds. The summed E-state index contributed by atoms with van der Waals surface area (Å²) in [6.45, 7) is 5.06. The fraction of sp³-hybridized carbons (Fsp3) is 0.250. The summed E-state index contributed by atoms with van der Waals surface area (Å²) < 4.78 is 6.07. The molecule has 2 N–H and O–H groups in total. The monoisotopic (exact) mass is 429 g/mol. The van der Waals surface area contributed by atoms with Gasteiger partial charge >= 0.3 is 11.9 Å². The van der Waals surface area contributed by atoms with Gasteiger partial charge in [-0.2, -0.15) is 0 Å². The average Bonchev–Trinajstić information content (AvgIpc) is 3.06. The number of hydrogen-bond donors (Lipinski definition) is 2. The summed E-state index contributed by atoms with van der Waals surface area (Å²) in [5, 5.41) is 12.1. The van der Waals surface area contributed by atoms with Crippen LogP contribution in [0.3, 0.4) is 0 Å². The molecule has 1 atom stereocenters. The third kappa shape index (κ3) is 3.94. The van der Waals surface area contributed by atoms with Crippen LogP contribution in [0.1, 0.15) is 45.5 Å². The van der Waals surface area contributed by atoms with E-state index in [1.807, 2.05) is 0 Å². The molecule has 0 spiro atoms. The van der Waals surface area contributed by atoms with Gasteiger partial charge in [0.1, 0.15) is 15.7 Å². The van der Waals surface area contributed by atoms with Gasteiger partial charge in [0.15, 0.2) is 0 Å². The van der Waals surface area contributed by atoms with Crippen molar-refractivity contribution in [1.82, 2.24) is 9.55 Å². The molecule has 0 radical (unpaired) electrons. The number of nitrogens with zero attached hydrogens (tertiary/aromatic N) is 2. The van der Waals surface area contributed by atoms with Gasteiger partial charge in [-0.25, -0.2) is 14.6 Å². The number of benzene rings is 1. The minimum absolute atomic E-state index is 0.0474. The van der Waals surface area contributed by atoms with Gasteiger partial charge in [0.2, 0.25) is 5.91 Å². The molecular formula is C20H19N3O6S. The number of anilines is 1. The number of carboxylic acids is 1. The SMILES string of the molecule is CCOC(=O)c1ccc(NC(=O)C(C)n2cnc3sc(C(=O)O)c(C)c3c2=O)cc1. The Hall–Kier alpha value is -3.53. The summed E-state index contributed by atoms with van der Waals surface area (Å²) in [5.74, 6) is -2.05. The second kappa shape index (κ2) is 8.46. The van der Waals surface area contributed by atoms with E-state index in [4.69, 9.17) is 4.74 Å². The van der Waals surface area contributed by atoms with E-state index in [0.717, 1.165) is 15.9 Å². The summed E-state index contributed by atoms with van der Waals surface area (Å²) in [4.78, 5) is 53.0. The Morgan fingerprint density at radius 3 is 2.53 bits per heavy atom. The number of ether oxygens (including phenoxy) is 1. The number of nitrogens with one attached hydrogen (secondary N) is 1. The smallest absolute Gasteiger partial charge is 0.346 e. The molecule has 0 aliphatic heterocycles. The van der Waals surface area contributed by atoms with Crippen molar-refractivity contribution in [2.45, 2.75) is 26.8 Å². The van der Waals surface area contributed by atoms with Gasteiger partial charge in [0, 0.05) is 5.69 Å². The molecule has 156 valence electrons. The van der Waals surface area contributed by atoms with Crippen molar-refractivity contribution >= 4 is 45.1 Å². The number of aromatic nitrogens is 2. The van der Waals surface area contributed by atoms with Crippen molar-refractivity contribution < 1.29 is 24.2 Å². The number of carboxylic acid groups (broad SMARTS) is 1. The summed E-state index contributed by atoms with van der Waals surface area (Å²) in [6, 6.07) is 5.28. The maximum absolute atomic E-state index is 12.9. The highest BCUT2D eigenvalue weighted by molar-refractivity contribution is 7.20. The van der Waals surface area contributed by atoms with E-state index in [-0.39, 0.29) is 16.9 Å². The zero-order chi connectivity index (χ0) is 22.0. The normalized spacial score (nSPS) is 11.8. The highest BCUT2D eigenvalue weighted by atomic mass is 32.1. The molecule has 0 aliphatic carbocycles. The number of fused-ring (bicyclic) bond motifs is 1. The lowest BCUT2D eigenvalue weighted by Crippen LogP contribution is -2.31. The Balaban J connectivity index is 1.84. The first-order valence-corrected chi connectivity index (χ1v) is 9.87. The molecule has 0 saturated heterocycles. The van der Waals surface area contributed by atoms with E-state index in [0.29, 0.717) is 21.6 Å². The maximum Gasteiger partial charge on any atom is 0.346 e. The van der Waals surface area contributed by atoms with E-state index in [1.54, 1.807) is 26.0 Å². The lowest BCUT2D eigenvalue weighted by molar-refractivity contribution is -0.118. The van der Waals surface area contributed by atoms with Gasteiger partial charge in [0.05, 0.1) is 23.9 Å². The summed E-state index contributed by atoms with van der Waals surface area (Å²) in [5.41, 5.74) is 0.649. The second-order valence-electron chi connectivity index (χ2n) is 6.46. The van der Waals surface area contributed by atoms with Gasteiger partial charge in [0.25, 0.3) is 5.56 Å². The zero-order valence-corrected chi connectivity index (χ0v) is 17.3. The van der Waals surface area contributed by atoms with Crippen molar-refractivity contribution in [3.8, 4) is 0 Å². The molecule has 0 saturated carbocycles. The molecule has 0 aliphatic rings. The van der Waals surface area contributed by atoms with Crippen LogP contribution >= 0.6 is 11.3 Å². The molecule has 9 nitrogen and oxygen atoms in total. The quantitative estimate of drug-likeness (QED) is 0.577. The van der Waals surface area contributed by atoms with Crippen LogP contribution < -0.4 is 10.9 Å². The maximum atomic E-state index is 12.9. The molecule has 0 fully saturated rings. The van der Waals surface area contributed by atoms with Gasteiger partial charge < -0.3 is 15.2 Å². The lowest BCUT2D eigenvalue weighted by Gasteiger charge is -2.15. The topological polar surface area (TPSA) is 128 Å². The van der Waals surface area contributed by atoms with Crippen LogP contribution in [-0.2, 0) is 9.53 Å². The fourth-order valence-electron chi connectivity index (χ4n) is 2.89. The number of hydrogen-bond acceptors (Lipinski definition) is 7. The Labute approximate surface area is 174 Å². The fourth-order valence-corrected chi connectivity index (χ4v) is 3.87. The molecule has 1 unspecified atom stereocenters. The first kappa shape index (κ1) is 21.2. The number of carbonyl (C=O) groups excluding carboxylic acids is 2. The Kier molecular flexibility index (Phi) is 5.97. The number of aryl methyl sites for hydroxylation is 1. The van der Waals surface area contributed by atoms with Crippen molar-refractivity contribution in [2.75, 3.05) is 11.9 Å². The summed E-state index contributed by atoms with van der Waals surface area (Å²) in [7, 11) is 0. The number of thiophene rings is 1. The van der Waals surface area contributed by atoms with Gasteiger partial charge in [-0.05, 0) is 50.6 Å².